The number of amides is 1. The van der Waals surface area contributed by atoms with Crippen LogP contribution >= 0.6 is 0 Å². The average molecular weight is 482 g/mol. The Labute approximate surface area is 201 Å². The van der Waals surface area contributed by atoms with Gasteiger partial charge in [-0.15, -0.1) is 0 Å². The third-order valence-corrected chi connectivity index (χ3v) is 6.39. The molecule has 3 aliphatic heterocycles. The van der Waals surface area contributed by atoms with E-state index in [9.17, 15) is 13.7 Å². The highest BCUT2D eigenvalue weighted by Crippen LogP contribution is 2.49. The lowest BCUT2D eigenvalue weighted by Gasteiger charge is -2.36. The topological polar surface area (TPSA) is 83.6 Å². The molecule has 0 radical (unpaired) electrons. The SMILES string of the molecule is COc1cc(/C=C2\CCCN3C2=NOC32C(=O)N(C)c3ccc(F)cc32)ccc1N(F)/C=C(/C)N. The number of amidine groups is 1. The van der Waals surface area contributed by atoms with Gasteiger partial charge in [-0.25, -0.2) is 4.39 Å². The van der Waals surface area contributed by atoms with Crippen LogP contribution in [0.4, 0.5) is 20.2 Å². The summed E-state index contributed by atoms with van der Waals surface area (Å²) in [5.74, 6) is 0.0669. The second kappa shape index (κ2) is 8.30. The monoisotopic (exact) mass is 481 g/mol. The largest absolute Gasteiger partial charge is 0.494 e. The molecule has 35 heavy (non-hydrogen) atoms. The fourth-order valence-corrected chi connectivity index (χ4v) is 4.81. The minimum Gasteiger partial charge on any atom is -0.494 e. The molecule has 1 fully saturated rings. The Kier molecular flexibility index (Phi) is 5.38. The maximum atomic E-state index is 14.5. The number of fused-ring (bicyclic) bond motifs is 4. The number of rotatable bonds is 4. The van der Waals surface area contributed by atoms with Crippen LogP contribution in [0.25, 0.3) is 6.08 Å². The molecule has 182 valence electrons. The Hall–Kier alpha value is -4.08. The van der Waals surface area contributed by atoms with Crippen molar-refractivity contribution in [1.29, 1.82) is 0 Å². The number of piperidine rings is 1. The second-order valence-electron chi connectivity index (χ2n) is 8.72. The molecule has 2 N–H and O–H groups in total. The minimum absolute atomic E-state index is 0.212. The van der Waals surface area contributed by atoms with E-state index in [0.717, 1.165) is 23.8 Å². The van der Waals surface area contributed by atoms with E-state index in [-0.39, 0.29) is 11.6 Å². The number of likely N-dealkylation sites (N-methyl/N-ethyl adjacent to an activating group) is 1. The first-order valence-electron chi connectivity index (χ1n) is 11.2. The Balaban J connectivity index is 1.50. The molecule has 8 nitrogen and oxygen atoms in total. The number of nitrogens with two attached hydrogens (primary N) is 1. The number of anilines is 2. The maximum absolute atomic E-state index is 14.5. The van der Waals surface area contributed by atoms with Gasteiger partial charge in [0.2, 0.25) is 0 Å². The molecule has 2 aromatic rings. The molecule has 10 heteroatoms. The maximum Gasteiger partial charge on any atom is 0.318 e. The van der Waals surface area contributed by atoms with Crippen molar-refractivity contribution < 1.29 is 23.2 Å². The van der Waals surface area contributed by atoms with Gasteiger partial charge in [0.15, 0.2) is 5.84 Å². The van der Waals surface area contributed by atoms with Crippen LogP contribution in [-0.4, -0.2) is 37.3 Å². The number of carbonyl (C=O) groups excluding carboxylic acids is 1. The zero-order valence-electron chi connectivity index (χ0n) is 19.6. The van der Waals surface area contributed by atoms with Crippen LogP contribution in [0.5, 0.6) is 5.75 Å². The minimum atomic E-state index is -1.52. The highest BCUT2D eigenvalue weighted by molar-refractivity contribution is 6.12. The molecule has 0 aromatic heterocycles. The lowest BCUT2D eigenvalue weighted by Crippen LogP contribution is -2.54. The van der Waals surface area contributed by atoms with E-state index in [4.69, 9.17) is 15.3 Å². The zero-order valence-corrected chi connectivity index (χ0v) is 19.6. The van der Waals surface area contributed by atoms with Crippen LogP contribution in [0.15, 0.2) is 59.0 Å². The average Bonchev–Trinajstić information content (AvgIpc) is 3.32. The number of halogens is 2. The molecule has 1 amide bonds. The van der Waals surface area contributed by atoms with Crippen molar-refractivity contribution in [2.24, 2.45) is 10.9 Å². The van der Waals surface area contributed by atoms with Gasteiger partial charge in [-0.3, -0.25) is 4.79 Å². The van der Waals surface area contributed by atoms with Gasteiger partial charge in [-0.1, -0.05) is 15.7 Å². The molecule has 0 aliphatic carbocycles. The van der Waals surface area contributed by atoms with Crippen LogP contribution in [-0.2, 0) is 15.4 Å². The lowest BCUT2D eigenvalue weighted by atomic mass is 9.95. The van der Waals surface area contributed by atoms with Gasteiger partial charge in [0, 0.05) is 19.3 Å². The van der Waals surface area contributed by atoms with Crippen molar-refractivity contribution in [3.63, 3.8) is 0 Å². The Morgan fingerprint density at radius 3 is 2.86 bits per heavy atom. The van der Waals surface area contributed by atoms with E-state index < -0.39 is 11.5 Å². The summed E-state index contributed by atoms with van der Waals surface area (Å²) in [6.07, 6.45) is 4.51. The molecule has 1 unspecified atom stereocenters. The van der Waals surface area contributed by atoms with Crippen LogP contribution < -0.4 is 20.5 Å². The fourth-order valence-electron chi connectivity index (χ4n) is 4.81. The number of nitrogens with zero attached hydrogens (tertiary/aromatic N) is 4. The molecule has 1 spiro atoms. The smallest absolute Gasteiger partial charge is 0.318 e. The van der Waals surface area contributed by atoms with Gasteiger partial charge in [-0.2, -0.15) is 5.12 Å². The van der Waals surface area contributed by atoms with Crippen LogP contribution in [0, 0.1) is 5.82 Å². The Morgan fingerprint density at radius 1 is 1.31 bits per heavy atom. The predicted molar refractivity (Wildman–Crippen MR) is 128 cm³/mol. The van der Waals surface area contributed by atoms with Gasteiger partial charge in [-0.05, 0) is 67.3 Å². The number of benzene rings is 2. The zero-order chi connectivity index (χ0) is 24.9. The van der Waals surface area contributed by atoms with E-state index >= 15 is 0 Å². The third-order valence-electron chi connectivity index (χ3n) is 6.39. The normalized spacial score (nSPS) is 22.3. The highest BCUT2D eigenvalue weighted by Gasteiger charge is 2.62. The summed E-state index contributed by atoms with van der Waals surface area (Å²) in [6, 6.07) is 9.27. The van der Waals surface area contributed by atoms with E-state index in [0.29, 0.717) is 46.6 Å². The van der Waals surface area contributed by atoms with E-state index in [1.54, 1.807) is 43.1 Å². The molecule has 3 heterocycles. The van der Waals surface area contributed by atoms with E-state index in [1.807, 2.05) is 6.08 Å². The van der Waals surface area contributed by atoms with Crippen molar-refractivity contribution in [3.05, 3.63) is 70.8 Å². The number of oxime groups is 1. The molecule has 0 saturated carbocycles. The molecule has 3 aliphatic rings. The molecule has 2 aromatic carbocycles. The first kappa shape index (κ1) is 22.7. The Bertz CT molecular complexity index is 1300. The predicted octanol–water partition coefficient (Wildman–Crippen LogP) is 4.00. The summed E-state index contributed by atoms with van der Waals surface area (Å²) >= 11 is 0. The van der Waals surface area contributed by atoms with Crippen molar-refractivity contribution in [2.45, 2.75) is 25.5 Å². The quantitative estimate of drug-likeness (QED) is 0.665. The lowest BCUT2D eigenvalue weighted by molar-refractivity contribution is -0.157. The summed E-state index contributed by atoms with van der Waals surface area (Å²) in [6.45, 7) is 2.11. The van der Waals surface area contributed by atoms with Crippen LogP contribution in [0.3, 0.4) is 0 Å². The summed E-state index contributed by atoms with van der Waals surface area (Å²) in [5.41, 5.74) is 7.20. The summed E-state index contributed by atoms with van der Waals surface area (Å²) in [5, 5.41) is 4.70. The van der Waals surface area contributed by atoms with Gasteiger partial charge in [0.05, 0.1) is 24.6 Å². The van der Waals surface area contributed by atoms with Gasteiger partial charge >= 0.3 is 5.72 Å². The molecular weight excluding hydrogens is 456 g/mol. The van der Waals surface area contributed by atoms with E-state index in [2.05, 4.69) is 5.16 Å². The number of allylic oxidation sites excluding steroid dienone is 1. The first-order valence-corrected chi connectivity index (χ1v) is 11.2. The van der Waals surface area contributed by atoms with Gasteiger partial charge in [0.1, 0.15) is 17.3 Å². The summed E-state index contributed by atoms with van der Waals surface area (Å²) in [7, 11) is 3.10. The number of ether oxygens (including phenoxy) is 1. The fraction of sp³-hybridized carbons (Fsp3) is 0.280. The van der Waals surface area contributed by atoms with Gasteiger partial charge < -0.3 is 25.1 Å². The van der Waals surface area contributed by atoms with Crippen molar-refractivity contribution in [1.82, 2.24) is 4.90 Å². The van der Waals surface area contributed by atoms with Crippen LogP contribution in [0.2, 0.25) is 0 Å². The highest BCUT2D eigenvalue weighted by atomic mass is 19.2. The van der Waals surface area contributed by atoms with Crippen molar-refractivity contribution >= 4 is 29.2 Å². The summed E-state index contributed by atoms with van der Waals surface area (Å²) < 4.78 is 34.0. The van der Waals surface area contributed by atoms with Crippen molar-refractivity contribution in [3.8, 4) is 5.75 Å². The number of hydrogen-bond acceptors (Lipinski definition) is 7. The molecule has 5 rings (SSSR count). The second-order valence-corrected chi connectivity index (χ2v) is 8.72. The number of methoxy groups -OCH3 is 1. The summed E-state index contributed by atoms with van der Waals surface area (Å²) in [4.78, 5) is 22.5. The van der Waals surface area contributed by atoms with E-state index in [1.165, 1.54) is 24.1 Å². The number of hydrogen-bond donors (Lipinski definition) is 1. The standard InChI is InChI=1S/C25H25F2N5O3/c1-15(28)14-32(27)21-8-6-16(12-22(21)34-3)11-17-5-4-10-31-23(17)29-35-25(31)19-13-18(26)7-9-20(19)30(2)24(25)33/h6-9,11-14H,4-5,10,28H2,1-3H3/b15-14-,17-11+. The van der Waals surface area contributed by atoms with Crippen molar-refractivity contribution in [2.75, 3.05) is 30.7 Å². The van der Waals surface area contributed by atoms with Crippen LogP contribution in [0.1, 0.15) is 30.9 Å². The Morgan fingerprint density at radius 2 is 2.11 bits per heavy atom. The number of carbonyl (C=O) groups is 1. The molecule has 1 atom stereocenters. The molecular formula is C25H25F2N5O3. The molecule has 0 bridgehead atoms. The van der Waals surface area contributed by atoms with Gasteiger partial charge in [0.25, 0.3) is 5.91 Å². The molecule has 1 saturated heterocycles. The first-order chi connectivity index (χ1) is 16.8. The third kappa shape index (κ3) is 3.48.